The summed E-state index contributed by atoms with van der Waals surface area (Å²) in [6.45, 7) is 2.00. The zero-order valence-electron chi connectivity index (χ0n) is 13.3. The number of aromatic nitrogens is 1. The highest BCUT2D eigenvalue weighted by Gasteiger charge is 2.31. The van der Waals surface area contributed by atoms with Crippen LogP contribution < -0.4 is 0 Å². The van der Waals surface area contributed by atoms with Crippen molar-refractivity contribution in [3.8, 4) is 11.3 Å². The number of aryl methyl sites for hydroxylation is 1. The van der Waals surface area contributed by atoms with E-state index in [-0.39, 0.29) is 12.4 Å². The minimum absolute atomic E-state index is 0.165. The van der Waals surface area contributed by atoms with E-state index in [9.17, 15) is 18.0 Å². The molecule has 2 rings (SSSR count). The van der Waals surface area contributed by atoms with Gasteiger partial charge in [0.25, 0.3) is 0 Å². The normalized spacial score (nSPS) is 11.3. The van der Waals surface area contributed by atoms with Crippen LogP contribution in [0.3, 0.4) is 0 Å². The summed E-state index contributed by atoms with van der Waals surface area (Å²) in [5.41, 5.74) is 0.943. The quantitative estimate of drug-likeness (QED) is 0.720. The van der Waals surface area contributed by atoms with E-state index >= 15 is 0 Å². The first kappa shape index (κ1) is 18.0. The second-order valence-corrected chi connectivity index (χ2v) is 5.25. The molecule has 0 aliphatic heterocycles. The molecule has 0 atom stereocenters. The average Bonchev–Trinajstić information content (AvgIpc) is 2.55. The molecule has 0 unspecified atom stereocenters. The van der Waals surface area contributed by atoms with Gasteiger partial charge in [-0.05, 0) is 31.4 Å². The van der Waals surface area contributed by atoms with E-state index in [2.05, 4.69) is 4.98 Å². The van der Waals surface area contributed by atoms with Crippen LogP contribution in [0.15, 0.2) is 42.6 Å². The van der Waals surface area contributed by atoms with Gasteiger partial charge in [0.05, 0.1) is 17.9 Å². The summed E-state index contributed by atoms with van der Waals surface area (Å²) in [6, 6.07) is 10.1. The first-order valence-corrected chi connectivity index (χ1v) is 7.69. The minimum Gasteiger partial charge on any atom is -0.466 e. The molecule has 0 aliphatic rings. The van der Waals surface area contributed by atoms with Gasteiger partial charge in [0.2, 0.25) is 0 Å². The second-order valence-electron chi connectivity index (χ2n) is 5.25. The summed E-state index contributed by atoms with van der Waals surface area (Å²) in [7, 11) is 0. The zero-order valence-corrected chi connectivity index (χ0v) is 13.3. The lowest BCUT2D eigenvalue weighted by Gasteiger charge is -2.13. The lowest BCUT2D eigenvalue weighted by atomic mass is 9.99. The largest absolute Gasteiger partial charge is 0.466 e. The summed E-state index contributed by atoms with van der Waals surface area (Å²) < 4.78 is 43.7. The molecule has 3 nitrogen and oxygen atoms in total. The maximum absolute atomic E-state index is 12.9. The van der Waals surface area contributed by atoms with E-state index in [0.717, 1.165) is 17.8 Å². The number of alkyl halides is 3. The van der Waals surface area contributed by atoms with Crippen molar-refractivity contribution < 1.29 is 22.7 Å². The number of carbonyl (C=O) groups excluding carboxylic acids is 1. The predicted octanol–water partition coefficient (Wildman–Crippen LogP) is 4.65. The molecule has 0 saturated carbocycles. The molecule has 0 spiro atoms. The first-order valence-electron chi connectivity index (χ1n) is 7.69. The standard InChI is InChI=1S/C18H18F3NO2/c1-2-24-16(23)10-6-9-14-11-15(18(19,20)21)12-22-17(14)13-7-4-3-5-8-13/h3-5,7-8,11-12H,2,6,9-10H2,1H3. The van der Waals surface area contributed by atoms with Gasteiger partial charge in [-0.1, -0.05) is 30.3 Å². The number of halogens is 3. The van der Waals surface area contributed by atoms with Crippen LogP contribution in [0.2, 0.25) is 0 Å². The van der Waals surface area contributed by atoms with Crippen LogP contribution in [0.4, 0.5) is 13.2 Å². The van der Waals surface area contributed by atoms with Crippen LogP contribution in [0.5, 0.6) is 0 Å². The SMILES string of the molecule is CCOC(=O)CCCc1cc(C(F)(F)F)cnc1-c1ccccc1. The molecule has 0 radical (unpaired) electrons. The van der Waals surface area contributed by atoms with Gasteiger partial charge in [-0.3, -0.25) is 9.78 Å². The summed E-state index contributed by atoms with van der Waals surface area (Å²) in [4.78, 5) is 15.4. The Morgan fingerprint density at radius 1 is 1.21 bits per heavy atom. The van der Waals surface area contributed by atoms with Crippen LogP contribution in [0, 0.1) is 0 Å². The van der Waals surface area contributed by atoms with E-state index in [1.807, 2.05) is 6.07 Å². The van der Waals surface area contributed by atoms with Crippen molar-refractivity contribution in [3.63, 3.8) is 0 Å². The number of esters is 1. The van der Waals surface area contributed by atoms with Crippen LogP contribution in [-0.2, 0) is 22.1 Å². The number of ether oxygens (including phenoxy) is 1. The average molecular weight is 337 g/mol. The number of hydrogen-bond donors (Lipinski definition) is 0. The number of nitrogens with zero attached hydrogens (tertiary/aromatic N) is 1. The molecule has 1 heterocycles. The lowest BCUT2D eigenvalue weighted by molar-refractivity contribution is -0.143. The van der Waals surface area contributed by atoms with E-state index in [0.29, 0.717) is 30.7 Å². The topological polar surface area (TPSA) is 39.2 Å². The van der Waals surface area contributed by atoms with Crippen molar-refractivity contribution in [1.29, 1.82) is 0 Å². The summed E-state index contributed by atoms with van der Waals surface area (Å²) in [6.07, 6.45) is -2.71. The van der Waals surface area contributed by atoms with Crippen molar-refractivity contribution in [1.82, 2.24) is 4.98 Å². The monoisotopic (exact) mass is 337 g/mol. The molecule has 24 heavy (non-hydrogen) atoms. The van der Waals surface area contributed by atoms with Gasteiger partial charge in [-0.25, -0.2) is 0 Å². The summed E-state index contributed by atoms with van der Waals surface area (Å²) in [5.74, 6) is -0.348. The molecule has 128 valence electrons. The number of rotatable bonds is 6. The molecule has 1 aromatic heterocycles. The Kier molecular flexibility index (Phi) is 5.95. The molecule has 0 N–H and O–H groups in total. The highest BCUT2D eigenvalue weighted by atomic mass is 19.4. The van der Waals surface area contributed by atoms with Crippen molar-refractivity contribution >= 4 is 5.97 Å². The van der Waals surface area contributed by atoms with Crippen LogP contribution in [0.1, 0.15) is 30.9 Å². The maximum Gasteiger partial charge on any atom is 0.417 e. The van der Waals surface area contributed by atoms with Gasteiger partial charge >= 0.3 is 12.1 Å². The lowest BCUT2D eigenvalue weighted by Crippen LogP contribution is -2.08. The van der Waals surface area contributed by atoms with E-state index in [4.69, 9.17) is 4.74 Å². The Morgan fingerprint density at radius 2 is 1.92 bits per heavy atom. The molecule has 6 heteroatoms. The molecule has 2 aromatic rings. The third-order valence-corrected chi connectivity index (χ3v) is 3.47. The fourth-order valence-electron chi connectivity index (χ4n) is 2.37. The van der Waals surface area contributed by atoms with E-state index < -0.39 is 11.7 Å². The van der Waals surface area contributed by atoms with Gasteiger partial charge < -0.3 is 4.74 Å². The highest BCUT2D eigenvalue weighted by molar-refractivity contribution is 5.69. The van der Waals surface area contributed by atoms with Gasteiger partial charge in [-0.15, -0.1) is 0 Å². The molecular formula is C18H18F3NO2. The predicted molar refractivity (Wildman–Crippen MR) is 84.2 cm³/mol. The van der Waals surface area contributed by atoms with Crippen LogP contribution >= 0.6 is 0 Å². The molecular weight excluding hydrogens is 319 g/mol. The molecule has 0 aliphatic carbocycles. The Hall–Kier alpha value is -2.37. The molecule has 0 saturated heterocycles. The summed E-state index contributed by atoms with van der Waals surface area (Å²) >= 11 is 0. The number of carbonyl (C=O) groups is 1. The van der Waals surface area contributed by atoms with Crippen molar-refractivity contribution in [2.45, 2.75) is 32.4 Å². The Balaban J connectivity index is 2.25. The smallest absolute Gasteiger partial charge is 0.417 e. The van der Waals surface area contributed by atoms with Crippen LogP contribution in [0.25, 0.3) is 11.3 Å². The minimum atomic E-state index is -4.45. The zero-order chi connectivity index (χ0) is 17.6. The van der Waals surface area contributed by atoms with Crippen molar-refractivity contribution in [2.75, 3.05) is 6.61 Å². The number of pyridine rings is 1. The fraction of sp³-hybridized carbons (Fsp3) is 0.333. The van der Waals surface area contributed by atoms with E-state index in [1.54, 1.807) is 31.2 Å². The molecule has 1 aromatic carbocycles. The number of benzene rings is 1. The summed E-state index contributed by atoms with van der Waals surface area (Å²) in [5, 5.41) is 0. The Morgan fingerprint density at radius 3 is 2.54 bits per heavy atom. The number of hydrogen-bond acceptors (Lipinski definition) is 3. The molecule has 0 bridgehead atoms. The van der Waals surface area contributed by atoms with Crippen molar-refractivity contribution in [2.24, 2.45) is 0 Å². The van der Waals surface area contributed by atoms with Gasteiger partial charge in [-0.2, -0.15) is 13.2 Å². The maximum atomic E-state index is 12.9. The first-order chi connectivity index (χ1) is 11.4. The van der Waals surface area contributed by atoms with Gasteiger partial charge in [0.15, 0.2) is 0 Å². The highest BCUT2D eigenvalue weighted by Crippen LogP contribution is 2.32. The fourth-order valence-corrected chi connectivity index (χ4v) is 2.37. The van der Waals surface area contributed by atoms with Crippen molar-refractivity contribution in [3.05, 3.63) is 53.7 Å². The Bertz CT molecular complexity index is 684. The third kappa shape index (κ3) is 4.81. The second kappa shape index (κ2) is 7.95. The van der Waals surface area contributed by atoms with Gasteiger partial charge in [0, 0.05) is 18.2 Å². The van der Waals surface area contributed by atoms with Gasteiger partial charge in [0.1, 0.15) is 0 Å². The third-order valence-electron chi connectivity index (χ3n) is 3.47. The van der Waals surface area contributed by atoms with Crippen LogP contribution in [-0.4, -0.2) is 17.6 Å². The Labute approximate surface area is 138 Å². The van der Waals surface area contributed by atoms with E-state index in [1.165, 1.54) is 0 Å². The molecule has 0 fully saturated rings. The molecule has 0 amide bonds.